The van der Waals surface area contributed by atoms with Crippen LogP contribution in [0.4, 0.5) is 13.2 Å². The molecule has 1 rings (SSSR count). The highest BCUT2D eigenvalue weighted by Gasteiger charge is 2.30. The van der Waals surface area contributed by atoms with Crippen LogP contribution in [-0.2, 0) is 17.4 Å². The van der Waals surface area contributed by atoms with Gasteiger partial charge in [0.25, 0.3) is 0 Å². The number of ketones is 1. The molecule has 0 spiro atoms. The topological polar surface area (TPSA) is 37.3 Å². The maximum absolute atomic E-state index is 12.4. The minimum atomic E-state index is -4.38. The molecule has 112 valence electrons. The minimum absolute atomic E-state index is 0.0458. The lowest BCUT2D eigenvalue weighted by molar-refractivity contribution is -0.137. The summed E-state index contributed by atoms with van der Waals surface area (Å²) in [4.78, 5) is 11.9. The first-order valence-corrected chi connectivity index (χ1v) is 6.66. The zero-order valence-corrected chi connectivity index (χ0v) is 11.6. The molecule has 1 aromatic carbocycles. The fourth-order valence-corrected chi connectivity index (χ4v) is 2.12. The summed E-state index contributed by atoms with van der Waals surface area (Å²) in [7, 11) is 0. The third-order valence-corrected chi connectivity index (χ3v) is 3.48. The maximum atomic E-state index is 12.4. The van der Waals surface area contributed by atoms with Gasteiger partial charge >= 0.3 is 6.18 Å². The average Bonchev–Trinajstić information content (AvgIpc) is 2.39. The number of carbonyl (C=O) groups is 1. The molecule has 0 bridgehead atoms. The lowest BCUT2D eigenvalue weighted by atomic mass is 9.91. The molecule has 0 heterocycles. The smallest absolute Gasteiger partial charge is 0.385 e. The molecule has 0 aromatic heterocycles. The number of alkyl halides is 3. The molecule has 5 heteroatoms. The Bertz CT molecular complexity index is 433. The Labute approximate surface area is 116 Å². The summed E-state index contributed by atoms with van der Waals surface area (Å²) in [5.74, 6) is -0.449. The zero-order valence-electron chi connectivity index (χ0n) is 11.6. The van der Waals surface area contributed by atoms with E-state index >= 15 is 0 Å². The Morgan fingerprint density at radius 3 is 2.05 bits per heavy atom. The Kier molecular flexibility index (Phi) is 5.74. The van der Waals surface area contributed by atoms with Gasteiger partial charge in [-0.3, -0.25) is 4.79 Å². The summed E-state index contributed by atoms with van der Waals surface area (Å²) in [6.07, 6.45) is -4.09. The number of hydrogen-bond acceptors (Lipinski definition) is 2. The van der Waals surface area contributed by atoms with Gasteiger partial charge in [0.15, 0.2) is 5.78 Å². The molecule has 0 fully saturated rings. The fraction of sp³-hybridized carbons (Fsp3) is 0.533. The van der Waals surface area contributed by atoms with Crippen LogP contribution < -0.4 is 0 Å². The summed E-state index contributed by atoms with van der Waals surface area (Å²) in [5, 5.41) is 9.89. The lowest BCUT2D eigenvalue weighted by Gasteiger charge is -2.18. The summed E-state index contributed by atoms with van der Waals surface area (Å²) in [6, 6.07) is 4.46. The van der Waals surface area contributed by atoms with Gasteiger partial charge in [-0.2, -0.15) is 13.2 Å². The van der Waals surface area contributed by atoms with Gasteiger partial charge in [0.2, 0.25) is 0 Å². The highest BCUT2D eigenvalue weighted by atomic mass is 19.4. The van der Waals surface area contributed by atoms with Crippen LogP contribution in [0, 0.1) is 5.92 Å². The molecule has 0 aliphatic heterocycles. The van der Waals surface area contributed by atoms with E-state index in [2.05, 4.69) is 0 Å². The van der Waals surface area contributed by atoms with Crippen molar-refractivity contribution >= 4 is 5.78 Å². The first-order valence-electron chi connectivity index (χ1n) is 6.66. The first-order chi connectivity index (χ1) is 9.29. The monoisotopic (exact) mass is 288 g/mol. The van der Waals surface area contributed by atoms with E-state index in [4.69, 9.17) is 0 Å². The van der Waals surface area contributed by atoms with Gasteiger partial charge in [-0.1, -0.05) is 38.8 Å². The van der Waals surface area contributed by atoms with Crippen LogP contribution >= 0.6 is 0 Å². The highest BCUT2D eigenvalue weighted by molar-refractivity contribution is 5.85. The average molecular weight is 288 g/mol. The normalized spacial score (nSPS) is 13.6. The van der Waals surface area contributed by atoms with Crippen LogP contribution in [0.3, 0.4) is 0 Å². The predicted octanol–water partition coefficient (Wildman–Crippen LogP) is 3.61. The quantitative estimate of drug-likeness (QED) is 0.868. The Balaban J connectivity index is 2.72. The number of rotatable bonds is 6. The van der Waals surface area contributed by atoms with Gasteiger partial charge < -0.3 is 5.11 Å². The third kappa shape index (κ3) is 4.34. The van der Waals surface area contributed by atoms with Gasteiger partial charge in [0.1, 0.15) is 6.10 Å². The Hall–Kier alpha value is -1.36. The van der Waals surface area contributed by atoms with Crippen molar-refractivity contribution in [1.29, 1.82) is 0 Å². The van der Waals surface area contributed by atoms with E-state index in [-0.39, 0.29) is 18.1 Å². The van der Waals surface area contributed by atoms with Gasteiger partial charge in [0, 0.05) is 6.42 Å². The maximum Gasteiger partial charge on any atom is 0.416 e. The largest absolute Gasteiger partial charge is 0.416 e. The SMILES string of the molecule is CCC(CC)C(O)C(=O)Cc1ccc(C(F)(F)F)cc1. The summed E-state index contributed by atoms with van der Waals surface area (Å²) >= 11 is 0. The third-order valence-electron chi connectivity index (χ3n) is 3.48. The van der Waals surface area contributed by atoms with E-state index in [0.717, 1.165) is 12.1 Å². The molecule has 0 aliphatic rings. The fourth-order valence-electron chi connectivity index (χ4n) is 2.12. The van der Waals surface area contributed by atoms with Gasteiger partial charge in [-0.25, -0.2) is 0 Å². The lowest BCUT2D eigenvalue weighted by Crippen LogP contribution is -2.30. The zero-order chi connectivity index (χ0) is 15.3. The van der Waals surface area contributed by atoms with E-state index in [1.54, 1.807) is 0 Å². The van der Waals surface area contributed by atoms with Crippen LogP contribution in [-0.4, -0.2) is 17.0 Å². The molecule has 1 unspecified atom stereocenters. The predicted molar refractivity (Wildman–Crippen MR) is 70.2 cm³/mol. The van der Waals surface area contributed by atoms with Crippen LogP contribution in [0.5, 0.6) is 0 Å². The van der Waals surface area contributed by atoms with Crippen molar-refractivity contribution < 1.29 is 23.1 Å². The molecule has 0 saturated carbocycles. The van der Waals surface area contributed by atoms with Gasteiger partial charge in [-0.15, -0.1) is 0 Å². The summed E-state index contributed by atoms with van der Waals surface area (Å²) in [5.41, 5.74) is -0.262. The molecule has 20 heavy (non-hydrogen) atoms. The molecule has 1 aromatic rings. The number of halogens is 3. The molecule has 1 N–H and O–H groups in total. The number of aliphatic hydroxyl groups is 1. The molecule has 0 radical (unpaired) electrons. The molecular weight excluding hydrogens is 269 g/mol. The minimum Gasteiger partial charge on any atom is -0.385 e. The molecular formula is C15H19F3O2. The number of aliphatic hydroxyl groups excluding tert-OH is 1. The van der Waals surface area contributed by atoms with Crippen molar-refractivity contribution in [3.8, 4) is 0 Å². The van der Waals surface area contributed by atoms with Crippen LogP contribution in [0.15, 0.2) is 24.3 Å². The highest BCUT2D eigenvalue weighted by Crippen LogP contribution is 2.29. The summed E-state index contributed by atoms with van der Waals surface area (Å²) in [6.45, 7) is 3.78. The Morgan fingerprint density at radius 2 is 1.65 bits per heavy atom. The first kappa shape index (κ1) is 16.7. The molecule has 0 saturated heterocycles. The van der Waals surface area contributed by atoms with Gasteiger partial charge in [0.05, 0.1) is 5.56 Å². The van der Waals surface area contributed by atoms with E-state index in [0.29, 0.717) is 18.4 Å². The van der Waals surface area contributed by atoms with Crippen molar-refractivity contribution in [1.82, 2.24) is 0 Å². The van der Waals surface area contributed by atoms with Crippen molar-refractivity contribution in [2.75, 3.05) is 0 Å². The number of benzene rings is 1. The van der Waals surface area contributed by atoms with Gasteiger partial charge in [-0.05, 0) is 23.6 Å². The van der Waals surface area contributed by atoms with E-state index in [1.807, 2.05) is 13.8 Å². The van der Waals surface area contributed by atoms with E-state index in [9.17, 15) is 23.1 Å². The van der Waals surface area contributed by atoms with Crippen LogP contribution in [0.1, 0.15) is 37.8 Å². The van der Waals surface area contributed by atoms with Crippen LogP contribution in [0.2, 0.25) is 0 Å². The standard InChI is InChI=1S/C15H19F3O2/c1-3-11(4-2)14(20)13(19)9-10-5-7-12(8-6-10)15(16,17)18/h5-8,11,14,20H,3-4,9H2,1-2H3. The number of Topliss-reactive ketones (excluding diaryl/α,β-unsaturated/α-hetero) is 1. The van der Waals surface area contributed by atoms with Crippen LogP contribution in [0.25, 0.3) is 0 Å². The second-order valence-corrected chi connectivity index (χ2v) is 4.86. The number of hydrogen-bond donors (Lipinski definition) is 1. The Morgan fingerprint density at radius 1 is 1.15 bits per heavy atom. The van der Waals surface area contributed by atoms with Crippen molar-refractivity contribution in [2.24, 2.45) is 5.92 Å². The molecule has 0 aliphatic carbocycles. The van der Waals surface area contributed by atoms with E-state index < -0.39 is 17.8 Å². The van der Waals surface area contributed by atoms with Crippen molar-refractivity contribution in [3.05, 3.63) is 35.4 Å². The van der Waals surface area contributed by atoms with Crippen molar-refractivity contribution in [2.45, 2.75) is 45.4 Å². The molecule has 0 amide bonds. The molecule has 1 atom stereocenters. The van der Waals surface area contributed by atoms with E-state index in [1.165, 1.54) is 12.1 Å². The molecule has 2 nitrogen and oxygen atoms in total. The van der Waals surface area contributed by atoms with Crippen molar-refractivity contribution in [3.63, 3.8) is 0 Å². The summed E-state index contributed by atoms with van der Waals surface area (Å²) < 4.78 is 37.2. The second kappa shape index (κ2) is 6.88. The number of carbonyl (C=O) groups excluding carboxylic acids is 1. The second-order valence-electron chi connectivity index (χ2n) is 4.86.